The van der Waals surface area contributed by atoms with E-state index >= 15 is 0 Å². The van der Waals surface area contributed by atoms with E-state index in [1.165, 1.54) is 13.3 Å². The molecular weight excluding hydrogens is 262 g/mol. The van der Waals surface area contributed by atoms with E-state index in [1.807, 2.05) is 0 Å². The first-order valence-electron chi connectivity index (χ1n) is 5.83. The van der Waals surface area contributed by atoms with E-state index in [0.717, 1.165) is 0 Å². The average molecular weight is 275 g/mol. The van der Waals surface area contributed by atoms with E-state index in [4.69, 9.17) is 0 Å². The van der Waals surface area contributed by atoms with Crippen molar-refractivity contribution in [1.29, 1.82) is 0 Å². The molecule has 0 aliphatic rings. The minimum absolute atomic E-state index is 0.0415. The van der Waals surface area contributed by atoms with Gasteiger partial charge in [0.1, 0.15) is 5.69 Å². The Labute approximate surface area is 114 Å². The number of benzene rings is 1. The maximum Gasteiger partial charge on any atom is 0.333 e. The summed E-state index contributed by atoms with van der Waals surface area (Å²) in [4.78, 5) is 39.3. The molecule has 0 saturated carbocycles. The van der Waals surface area contributed by atoms with Gasteiger partial charge in [0, 0.05) is 6.20 Å². The Morgan fingerprint density at radius 3 is 2.50 bits per heavy atom. The molecule has 0 spiro atoms. The Morgan fingerprint density at radius 2 is 1.95 bits per heavy atom. The number of hydrogen-bond acceptors (Lipinski definition) is 4. The molecule has 1 amide bonds. The quantitative estimate of drug-likeness (QED) is 0.700. The third-order valence-corrected chi connectivity index (χ3v) is 2.69. The van der Waals surface area contributed by atoms with Crippen molar-refractivity contribution in [3.05, 3.63) is 58.3 Å². The van der Waals surface area contributed by atoms with Crippen LogP contribution in [-0.2, 0) is 9.53 Å². The lowest BCUT2D eigenvalue weighted by Crippen LogP contribution is -2.34. The van der Waals surface area contributed by atoms with Crippen LogP contribution in [0.5, 0.6) is 0 Å². The number of imidazole rings is 1. The van der Waals surface area contributed by atoms with E-state index in [2.05, 4.69) is 20.0 Å². The fourth-order valence-corrected chi connectivity index (χ4v) is 1.71. The van der Waals surface area contributed by atoms with Gasteiger partial charge in [-0.25, -0.2) is 9.59 Å². The molecule has 0 fully saturated rings. The molecule has 0 aliphatic heterocycles. The van der Waals surface area contributed by atoms with E-state index in [9.17, 15) is 14.4 Å². The lowest BCUT2D eigenvalue weighted by atomic mass is 10.1. The number of ether oxygens (including phenoxy) is 1. The molecule has 0 aliphatic carbocycles. The molecule has 1 aromatic heterocycles. The molecule has 3 N–H and O–H groups in total. The van der Waals surface area contributed by atoms with Gasteiger partial charge in [-0.1, -0.05) is 30.3 Å². The standard InChI is InChI=1S/C13H13N3O4/c1-20-12(18)10(8-5-3-2-4-6-8)16-11(17)9-7-14-13(19)15-9/h2-7,10H,1H3,(H,16,17)(H2,14,15,19). The number of rotatable bonds is 4. The normalized spacial score (nSPS) is 11.7. The molecule has 1 aromatic carbocycles. The SMILES string of the molecule is COC(=O)C(NC(=O)c1c[nH]c(=O)[nH]1)c1ccccc1. The average Bonchev–Trinajstić information content (AvgIpc) is 2.91. The first kappa shape index (κ1) is 13.6. The summed E-state index contributed by atoms with van der Waals surface area (Å²) >= 11 is 0. The zero-order valence-electron chi connectivity index (χ0n) is 10.7. The van der Waals surface area contributed by atoms with Crippen LogP contribution < -0.4 is 11.0 Å². The maximum atomic E-state index is 12.0. The van der Waals surface area contributed by atoms with Gasteiger partial charge in [0.05, 0.1) is 7.11 Å². The van der Waals surface area contributed by atoms with E-state index in [-0.39, 0.29) is 5.69 Å². The minimum Gasteiger partial charge on any atom is -0.467 e. The van der Waals surface area contributed by atoms with Crippen molar-refractivity contribution < 1.29 is 14.3 Å². The number of nitrogens with one attached hydrogen (secondary N) is 3. The highest BCUT2D eigenvalue weighted by Crippen LogP contribution is 2.14. The largest absolute Gasteiger partial charge is 0.467 e. The highest BCUT2D eigenvalue weighted by atomic mass is 16.5. The highest BCUT2D eigenvalue weighted by molar-refractivity contribution is 5.95. The molecule has 1 unspecified atom stereocenters. The number of carbonyl (C=O) groups excluding carboxylic acids is 2. The van der Waals surface area contributed by atoms with Crippen LogP contribution in [0.25, 0.3) is 0 Å². The zero-order valence-corrected chi connectivity index (χ0v) is 10.7. The smallest absolute Gasteiger partial charge is 0.333 e. The second-order valence-corrected chi connectivity index (χ2v) is 4.00. The van der Waals surface area contributed by atoms with Gasteiger partial charge in [-0.2, -0.15) is 0 Å². The highest BCUT2D eigenvalue weighted by Gasteiger charge is 2.24. The Balaban J connectivity index is 2.23. The zero-order chi connectivity index (χ0) is 14.5. The molecule has 7 nitrogen and oxygen atoms in total. The number of methoxy groups -OCH3 is 1. The summed E-state index contributed by atoms with van der Waals surface area (Å²) in [5.74, 6) is -1.18. The van der Waals surface area contributed by atoms with Crippen LogP contribution in [0.1, 0.15) is 22.1 Å². The summed E-state index contributed by atoms with van der Waals surface area (Å²) in [6.45, 7) is 0. The van der Waals surface area contributed by atoms with Gasteiger partial charge in [0.2, 0.25) is 0 Å². The van der Waals surface area contributed by atoms with Gasteiger partial charge >= 0.3 is 11.7 Å². The van der Waals surface area contributed by atoms with Gasteiger partial charge in [0.25, 0.3) is 5.91 Å². The van der Waals surface area contributed by atoms with Crippen LogP contribution in [0.15, 0.2) is 41.3 Å². The Bertz CT molecular complexity index is 660. The lowest BCUT2D eigenvalue weighted by molar-refractivity contribution is -0.143. The summed E-state index contributed by atoms with van der Waals surface area (Å²) in [5.41, 5.74) is 0.134. The Hall–Kier alpha value is -2.83. The Morgan fingerprint density at radius 1 is 1.25 bits per heavy atom. The van der Waals surface area contributed by atoms with Crippen LogP contribution in [0, 0.1) is 0 Å². The van der Waals surface area contributed by atoms with Crippen LogP contribution >= 0.6 is 0 Å². The van der Waals surface area contributed by atoms with Crippen molar-refractivity contribution >= 4 is 11.9 Å². The van der Waals surface area contributed by atoms with Crippen LogP contribution in [-0.4, -0.2) is 29.0 Å². The van der Waals surface area contributed by atoms with Gasteiger partial charge in [0.15, 0.2) is 6.04 Å². The van der Waals surface area contributed by atoms with Gasteiger partial charge in [-0.3, -0.25) is 4.79 Å². The summed E-state index contributed by atoms with van der Waals surface area (Å²) < 4.78 is 4.68. The number of H-pyrrole nitrogens is 2. The predicted molar refractivity (Wildman–Crippen MR) is 70.1 cm³/mol. The molecular formula is C13H13N3O4. The topological polar surface area (TPSA) is 104 Å². The van der Waals surface area contributed by atoms with Gasteiger partial charge < -0.3 is 20.0 Å². The van der Waals surface area contributed by atoms with Crippen molar-refractivity contribution in [1.82, 2.24) is 15.3 Å². The number of amides is 1. The Kier molecular flexibility index (Phi) is 3.99. The van der Waals surface area contributed by atoms with Crippen molar-refractivity contribution in [3.8, 4) is 0 Å². The van der Waals surface area contributed by atoms with Crippen molar-refractivity contribution in [2.45, 2.75) is 6.04 Å². The van der Waals surface area contributed by atoms with Crippen molar-refractivity contribution in [2.75, 3.05) is 7.11 Å². The second-order valence-electron chi connectivity index (χ2n) is 4.00. The summed E-state index contributed by atoms with van der Waals surface area (Å²) in [6, 6.07) is 7.74. The third-order valence-electron chi connectivity index (χ3n) is 2.69. The molecule has 0 radical (unpaired) electrons. The fraction of sp³-hybridized carbons (Fsp3) is 0.154. The van der Waals surface area contributed by atoms with Crippen molar-refractivity contribution in [3.63, 3.8) is 0 Å². The summed E-state index contributed by atoms with van der Waals surface area (Å²) in [7, 11) is 1.24. The van der Waals surface area contributed by atoms with Crippen LogP contribution in [0.4, 0.5) is 0 Å². The predicted octanol–water partition coefficient (Wildman–Crippen LogP) is 0.347. The lowest BCUT2D eigenvalue weighted by Gasteiger charge is -2.16. The molecule has 2 rings (SSSR count). The number of aromatic amines is 2. The molecule has 2 aromatic rings. The first-order valence-corrected chi connectivity index (χ1v) is 5.83. The van der Waals surface area contributed by atoms with E-state index < -0.39 is 23.6 Å². The summed E-state index contributed by atoms with van der Waals surface area (Å²) in [6.07, 6.45) is 1.23. The molecule has 0 bridgehead atoms. The summed E-state index contributed by atoms with van der Waals surface area (Å²) in [5, 5.41) is 2.51. The fourth-order valence-electron chi connectivity index (χ4n) is 1.71. The number of carbonyl (C=O) groups is 2. The number of hydrogen-bond donors (Lipinski definition) is 3. The van der Waals surface area contributed by atoms with Crippen LogP contribution in [0.3, 0.4) is 0 Å². The van der Waals surface area contributed by atoms with Gasteiger partial charge in [-0.15, -0.1) is 0 Å². The van der Waals surface area contributed by atoms with E-state index in [1.54, 1.807) is 30.3 Å². The number of aromatic nitrogens is 2. The second kappa shape index (κ2) is 5.87. The molecule has 1 atom stereocenters. The molecule has 1 heterocycles. The molecule has 0 saturated heterocycles. The molecule has 104 valence electrons. The van der Waals surface area contributed by atoms with E-state index in [0.29, 0.717) is 5.56 Å². The van der Waals surface area contributed by atoms with Crippen molar-refractivity contribution in [2.24, 2.45) is 0 Å². The third kappa shape index (κ3) is 2.94. The molecule has 20 heavy (non-hydrogen) atoms. The monoisotopic (exact) mass is 275 g/mol. The first-order chi connectivity index (χ1) is 9.61. The van der Waals surface area contributed by atoms with Gasteiger partial charge in [-0.05, 0) is 5.56 Å². The number of esters is 1. The van der Waals surface area contributed by atoms with Crippen LogP contribution in [0.2, 0.25) is 0 Å². The maximum absolute atomic E-state index is 12.0. The molecule has 7 heteroatoms. The minimum atomic E-state index is -0.938.